The highest BCUT2D eigenvalue weighted by atomic mass is 16.3. The zero-order chi connectivity index (χ0) is 14.6. The third-order valence-electron chi connectivity index (χ3n) is 5.92. The van der Waals surface area contributed by atoms with E-state index in [1.54, 1.807) is 6.07 Å². The molecule has 4 aliphatic carbocycles. The van der Waals surface area contributed by atoms with Gasteiger partial charge in [0.1, 0.15) is 5.75 Å². The third-order valence-corrected chi connectivity index (χ3v) is 5.92. The first-order valence-electron chi connectivity index (χ1n) is 8.15. The highest BCUT2D eigenvalue weighted by Crippen LogP contribution is 2.60. The van der Waals surface area contributed by atoms with Gasteiger partial charge in [0.05, 0.1) is 11.1 Å². The van der Waals surface area contributed by atoms with E-state index in [1.165, 1.54) is 19.3 Å². The first-order valence-corrected chi connectivity index (χ1v) is 8.15. The molecule has 0 atom stereocenters. The molecule has 1 aromatic rings. The van der Waals surface area contributed by atoms with Gasteiger partial charge in [-0.15, -0.1) is 0 Å². The minimum absolute atomic E-state index is 0.141. The van der Waals surface area contributed by atoms with E-state index in [0.29, 0.717) is 5.69 Å². The lowest BCUT2D eigenvalue weighted by Gasteiger charge is -2.55. The molecule has 1 amide bonds. The number of amides is 1. The van der Waals surface area contributed by atoms with Crippen molar-refractivity contribution in [1.82, 2.24) is 0 Å². The lowest BCUT2D eigenvalue weighted by Crippen LogP contribution is -2.51. The summed E-state index contributed by atoms with van der Waals surface area (Å²) in [5.41, 5.74) is 1.45. The first-order chi connectivity index (χ1) is 10.0. The fraction of sp³-hybridized carbons (Fsp3) is 0.611. The molecule has 21 heavy (non-hydrogen) atoms. The number of carbonyl (C=O) groups excluding carboxylic acids is 1. The molecule has 0 spiro atoms. The summed E-state index contributed by atoms with van der Waals surface area (Å²) in [5.74, 6) is 2.58. The van der Waals surface area contributed by atoms with E-state index in [9.17, 15) is 9.90 Å². The normalized spacial score (nSPS) is 36.7. The molecule has 5 rings (SSSR count). The Labute approximate surface area is 125 Å². The molecule has 3 heteroatoms. The molecule has 4 saturated carbocycles. The Morgan fingerprint density at radius 1 is 1.14 bits per heavy atom. The molecular weight excluding hydrogens is 262 g/mol. The van der Waals surface area contributed by atoms with Crippen LogP contribution in [0.4, 0.5) is 5.69 Å². The van der Waals surface area contributed by atoms with Crippen LogP contribution in [0.2, 0.25) is 0 Å². The van der Waals surface area contributed by atoms with Crippen molar-refractivity contribution in [1.29, 1.82) is 0 Å². The average Bonchev–Trinajstić information content (AvgIpc) is 2.41. The second kappa shape index (κ2) is 4.49. The maximum atomic E-state index is 12.9. The van der Waals surface area contributed by atoms with Gasteiger partial charge in [0.25, 0.3) is 0 Å². The topological polar surface area (TPSA) is 49.3 Å². The van der Waals surface area contributed by atoms with E-state index in [-0.39, 0.29) is 17.1 Å². The number of benzene rings is 1. The third kappa shape index (κ3) is 2.14. The van der Waals surface area contributed by atoms with Crippen molar-refractivity contribution in [2.24, 2.45) is 23.2 Å². The van der Waals surface area contributed by atoms with Gasteiger partial charge in [0.15, 0.2) is 0 Å². The SMILES string of the molecule is Cc1ccc(O)c(NC(=O)C23CC4CC(CC(C4)C2)C3)c1. The summed E-state index contributed by atoms with van der Waals surface area (Å²) >= 11 is 0. The monoisotopic (exact) mass is 285 g/mol. The Kier molecular flexibility index (Phi) is 2.82. The number of phenols is 1. The number of hydrogen-bond acceptors (Lipinski definition) is 2. The summed E-state index contributed by atoms with van der Waals surface area (Å²) < 4.78 is 0. The van der Waals surface area contributed by atoms with Gasteiger partial charge in [0.2, 0.25) is 5.91 Å². The van der Waals surface area contributed by atoms with Crippen LogP contribution in [0.25, 0.3) is 0 Å². The molecule has 0 aromatic heterocycles. The van der Waals surface area contributed by atoms with Gasteiger partial charge in [-0.1, -0.05) is 6.07 Å². The van der Waals surface area contributed by atoms with Gasteiger partial charge < -0.3 is 10.4 Å². The highest BCUT2D eigenvalue weighted by molar-refractivity contribution is 5.96. The van der Waals surface area contributed by atoms with E-state index < -0.39 is 0 Å². The fourth-order valence-corrected chi connectivity index (χ4v) is 5.39. The van der Waals surface area contributed by atoms with E-state index in [0.717, 1.165) is 42.6 Å². The van der Waals surface area contributed by atoms with Crippen LogP contribution in [0.5, 0.6) is 5.75 Å². The molecule has 0 unspecified atom stereocenters. The van der Waals surface area contributed by atoms with Crippen LogP contribution in [0.15, 0.2) is 18.2 Å². The van der Waals surface area contributed by atoms with Gasteiger partial charge in [-0.25, -0.2) is 0 Å². The predicted molar refractivity (Wildman–Crippen MR) is 82.1 cm³/mol. The van der Waals surface area contributed by atoms with Gasteiger partial charge in [-0.05, 0) is 80.9 Å². The zero-order valence-electron chi connectivity index (χ0n) is 12.6. The summed E-state index contributed by atoms with van der Waals surface area (Å²) in [5, 5.41) is 13.0. The Bertz CT molecular complexity index is 558. The smallest absolute Gasteiger partial charge is 0.230 e. The number of hydrogen-bond donors (Lipinski definition) is 2. The van der Waals surface area contributed by atoms with Crippen molar-refractivity contribution in [3.05, 3.63) is 23.8 Å². The molecular formula is C18H23NO2. The summed E-state index contributed by atoms with van der Waals surface area (Å²) in [6, 6.07) is 5.37. The minimum atomic E-state index is -0.162. The first kappa shape index (κ1) is 13.2. The summed E-state index contributed by atoms with van der Waals surface area (Å²) in [6.45, 7) is 1.97. The van der Waals surface area contributed by atoms with Crippen molar-refractivity contribution in [3.8, 4) is 5.75 Å². The molecule has 0 radical (unpaired) electrons. The van der Waals surface area contributed by atoms with Crippen molar-refractivity contribution in [3.63, 3.8) is 0 Å². The average molecular weight is 285 g/mol. The molecule has 3 nitrogen and oxygen atoms in total. The van der Waals surface area contributed by atoms with E-state index in [2.05, 4.69) is 5.32 Å². The molecule has 0 aliphatic heterocycles. The van der Waals surface area contributed by atoms with E-state index in [1.807, 2.05) is 19.1 Å². The van der Waals surface area contributed by atoms with Crippen LogP contribution in [0, 0.1) is 30.1 Å². The largest absolute Gasteiger partial charge is 0.506 e. The van der Waals surface area contributed by atoms with Crippen molar-refractivity contribution >= 4 is 11.6 Å². The fourth-order valence-electron chi connectivity index (χ4n) is 5.39. The molecule has 4 fully saturated rings. The standard InChI is InChI=1S/C18H23NO2/c1-11-2-3-16(20)15(4-11)19-17(21)18-8-12-5-13(9-18)7-14(6-12)10-18/h2-4,12-14,20H,5-10H2,1H3,(H,19,21). The van der Waals surface area contributed by atoms with Crippen LogP contribution >= 0.6 is 0 Å². The zero-order valence-corrected chi connectivity index (χ0v) is 12.6. The number of carbonyl (C=O) groups is 1. The number of phenolic OH excluding ortho intramolecular Hbond substituents is 1. The van der Waals surface area contributed by atoms with Crippen LogP contribution in [-0.2, 0) is 4.79 Å². The molecule has 0 heterocycles. The van der Waals surface area contributed by atoms with Gasteiger partial charge in [-0.2, -0.15) is 0 Å². The van der Waals surface area contributed by atoms with E-state index >= 15 is 0 Å². The molecule has 4 aliphatic rings. The summed E-state index contributed by atoms with van der Waals surface area (Å²) in [7, 11) is 0. The van der Waals surface area contributed by atoms with Crippen molar-refractivity contribution < 1.29 is 9.90 Å². The number of anilines is 1. The second-order valence-electron chi connectivity index (χ2n) is 7.67. The molecule has 0 saturated heterocycles. The van der Waals surface area contributed by atoms with Crippen LogP contribution in [0.3, 0.4) is 0 Å². The number of rotatable bonds is 2. The highest BCUT2D eigenvalue weighted by Gasteiger charge is 2.54. The minimum Gasteiger partial charge on any atom is -0.506 e. The lowest BCUT2D eigenvalue weighted by molar-refractivity contribution is -0.140. The van der Waals surface area contributed by atoms with E-state index in [4.69, 9.17) is 0 Å². The predicted octanol–water partition coefficient (Wildman–Crippen LogP) is 3.86. The number of aromatic hydroxyl groups is 1. The van der Waals surface area contributed by atoms with Gasteiger partial charge >= 0.3 is 0 Å². The van der Waals surface area contributed by atoms with Crippen LogP contribution < -0.4 is 5.32 Å². The second-order valence-corrected chi connectivity index (χ2v) is 7.67. The van der Waals surface area contributed by atoms with Gasteiger partial charge in [-0.3, -0.25) is 4.79 Å². The Morgan fingerprint density at radius 3 is 2.29 bits per heavy atom. The van der Waals surface area contributed by atoms with Gasteiger partial charge in [0, 0.05) is 0 Å². The number of aryl methyl sites for hydroxylation is 1. The Balaban J connectivity index is 1.59. The molecule has 2 N–H and O–H groups in total. The van der Waals surface area contributed by atoms with Crippen molar-refractivity contribution in [2.45, 2.75) is 45.4 Å². The maximum absolute atomic E-state index is 12.9. The summed E-state index contributed by atoms with van der Waals surface area (Å²) in [4.78, 5) is 12.9. The molecule has 112 valence electrons. The lowest BCUT2D eigenvalue weighted by atomic mass is 9.49. The molecule has 4 bridgehead atoms. The van der Waals surface area contributed by atoms with Crippen LogP contribution in [-0.4, -0.2) is 11.0 Å². The Hall–Kier alpha value is -1.51. The number of nitrogens with one attached hydrogen (secondary N) is 1. The van der Waals surface area contributed by atoms with Crippen molar-refractivity contribution in [2.75, 3.05) is 5.32 Å². The van der Waals surface area contributed by atoms with Crippen LogP contribution in [0.1, 0.15) is 44.1 Å². The quantitative estimate of drug-likeness (QED) is 0.811. The Morgan fingerprint density at radius 2 is 1.71 bits per heavy atom. The maximum Gasteiger partial charge on any atom is 0.230 e. The summed E-state index contributed by atoms with van der Waals surface area (Å²) in [6.07, 6.45) is 7.17. The molecule has 1 aromatic carbocycles.